The summed E-state index contributed by atoms with van der Waals surface area (Å²) in [4.78, 5) is 17.4. The number of pyridine rings is 1. The number of benzene rings is 1. The summed E-state index contributed by atoms with van der Waals surface area (Å²) in [6, 6.07) is 15.1. The maximum atomic E-state index is 12.1. The Balaban J connectivity index is 1.73. The van der Waals surface area contributed by atoms with Crippen molar-refractivity contribution >= 4 is 29.5 Å². The van der Waals surface area contributed by atoms with Gasteiger partial charge < -0.3 is 9.47 Å². The molecule has 3 rings (SSSR count). The number of hydrogen-bond acceptors (Lipinski definition) is 5. The Kier molecular flexibility index (Phi) is 6.17. The van der Waals surface area contributed by atoms with Gasteiger partial charge in [0, 0.05) is 11.1 Å². The Morgan fingerprint density at radius 1 is 1.12 bits per heavy atom. The quantitative estimate of drug-likeness (QED) is 0.443. The van der Waals surface area contributed by atoms with Crippen LogP contribution in [0.2, 0.25) is 0 Å². The van der Waals surface area contributed by atoms with Crippen LogP contribution >= 0.6 is 11.3 Å². The van der Waals surface area contributed by atoms with Crippen molar-refractivity contribution in [3.63, 3.8) is 0 Å². The van der Waals surface area contributed by atoms with Gasteiger partial charge >= 0.3 is 5.97 Å². The average molecular weight is 365 g/mol. The van der Waals surface area contributed by atoms with Crippen LogP contribution in [0.4, 0.5) is 0 Å². The van der Waals surface area contributed by atoms with Crippen LogP contribution in [-0.4, -0.2) is 17.6 Å². The number of esters is 1. The first-order valence-corrected chi connectivity index (χ1v) is 9.21. The molecule has 0 radical (unpaired) electrons. The van der Waals surface area contributed by atoms with Crippen molar-refractivity contribution in [2.75, 3.05) is 6.61 Å². The second-order valence-corrected chi connectivity index (χ2v) is 6.49. The second-order valence-electron chi connectivity index (χ2n) is 5.46. The van der Waals surface area contributed by atoms with Gasteiger partial charge in [-0.3, -0.25) is 9.78 Å². The zero-order valence-corrected chi connectivity index (χ0v) is 15.2. The predicted octanol–water partition coefficient (Wildman–Crippen LogP) is 4.86. The molecule has 0 aliphatic carbocycles. The first kappa shape index (κ1) is 17.9. The molecule has 0 saturated heterocycles. The summed E-state index contributed by atoms with van der Waals surface area (Å²) in [7, 11) is 0. The highest BCUT2D eigenvalue weighted by molar-refractivity contribution is 7.10. The van der Waals surface area contributed by atoms with Crippen LogP contribution in [-0.2, 0) is 11.2 Å². The van der Waals surface area contributed by atoms with Gasteiger partial charge in [0.15, 0.2) is 11.5 Å². The number of hydrogen-bond donors (Lipinski definition) is 0. The third kappa shape index (κ3) is 5.04. The van der Waals surface area contributed by atoms with Crippen molar-refractivity contribution in [1.29, 1.82) is 0 Å². The number of carbonyl (C=O) groups excluding carboxylic acids is 1. The molecule has 0 saturated carbocycles. The van der Waals surface area contributed by atoms with Gasteiger partial charge in [0.2, 0.25) is 0 Å². The summed E-state index contributed by atoms with van der Waals surface area (Å²) >= 11 is 1.54. The van der Waals surface area contributed by atoms with Gasteiger partial charge in [0.05, 0.1) is 18.7 Å². The van der Waals surface area contributed by atoms with E-state index in [1.54, 1.807) is 12.3 Å². The van der Waals surface area contributed by atoms with Crippen LogP contribution in [0.15, 0.2) is 60.1 Å². The first-order valence-electron chi connectivity index (χ1n) is 8.33. The topological polar surface area (TPSA) is 48.4 Å². The minimum Gasteiger partial charge on any atom is -0.490 e. The van der Waals surface area contributed by atoms with E-state index in [1.165, 1.54) is 11.3 Å². The number of rotatable bonds is 7. The largest absolute Gasteiger partial charge is 0.490 e. The molecule has 0 fully saturated rings. The van der Waals surface area contributed by atoms with Crippen molar-refractivity contribution in [1.82, 2.24) is 4.98 Å². The molecular formula is C21H19NO3S. The Morgan fingerprint density at radius 3 is 2.77 bits per heavy atom. The van der Waals surface area contributed by atoms with E-state index in [2.05, 4.69) is 4.98 Å². The van der Waals surface area contributed by atoms with Crippen molar-refractivity contribution in [2.24, 2.45) is 0 Å². The fourth-order valence-electron chi connectivity index (χ4n) is 2.35. The molecule has 0 aliphatic heterocycles. The lowest BCUT2D eigenvalue weighted by Gasteiger charge is -2.11. The Bertz CT molecular complexity index is 874. The van der Waals surface area contributed by atoms with Crippen molar-refractivity contribution in [3.05, 3.63) is 76.2 Å². The van der Waals surface area contributed by atoms with Crippen LogP contribution < -0.4 is 9.47 Å². The van der Waals surface area contributed by atoms with Crippen molar-refractivity contribution in [3.8, 4) is 11.5 Å². The number of carbonyl (C=O) groups is 1. The van der Waals surface area contributed by atoms with Crippen molar-refractivity contribution < 1.29 is 14.3 Å². The van der Waals surface area contributed by atoms with Gasteiger partial charge in [0.1, 0.15) is 0 Å². The normalized spacial score (nSPS) is 10.8. The number of aromatic nitrogens is 1. The number of nitrogens with zero attached hydrogens (tertiary/aromatic N) is 1. The molecule has 132 valence electrons. The van der Waals surface area contributed by atoms with Crippen LogP contribution in [0.25, 0.3) is 12.2 Å². The molecular weight excluding hydrogens is 346 g/mol. The van der Waals surface area contributed by atoms with Gasteiger partial charge in [-0.2, -0.15) is 0 Å². The minimum absolute atomic E-state index is 0.255. The fourth-order valence-corrected chi connectivity index (χ4v) is 3.04. The van der Waals surface area contributed by atoms with Crippen LogP contribution in [0, 0.1) is 0 Å². The van der Waals surface area contributed by atoms with E-state index < -0.39 is 0 Å². The van der Waals surface area contributed by atoms with Crippen molar-refractivity contribution in [2.45, 2.75) is 13.3 Å². The SMILES string of the molecule is CCOc1cc(/C=C/c2ccccn2)ccc1OC(=O)Cc1cccs1. The smallest absolute Gasteiger partial charge is 0.316 e. The van der Waals surface area contributed by atoms with E-state index in [-0.39, 0.29) is 12.4 Å². The van der Waals surface area contributed by atoms with Gasteiger partial charge in [-0.25, -0.2) is 0 Å². The Labute approximate surface area is 156 Å². The summed E-state index contributed by atoms with van der Waals surface area (Å²) in [6.45, 7) is 2.39. The molecule has 2 heterocycles. The molecule has 0 spiro atoms. The van der Waals surface area contributed by atoms with E-state index in [0.717, 1.165) is 16.1 Å². The second kappa shape index (κ2) is 8.97. The summed E-state index contributed by atoms with van der Waals surface area (Å²) in [5.41, 5.74) is 1.81. The van der Waals surface area contributed by atoms with Crippen LogP contribution in [0.5, 0.6) is 11.5 Å². The zero-order chi connectivity index (χ0) is 18.2. The third-order valence-electron chi connectivity index (χ3n) is 3.52. The highest BCUT2D eigenvalue weighted by atomic mass is 32.1. The first-order chi connectivity index (χ1) is 12.7. The standard InChI is InChI=1S/C21H19NO3S/c1-2-24-20-14-16(8-10-17-6-3-4-12-22-17)9-11-19(20)25-21(23)15-18-7-5-13-26-18/h3-14H,2,15H2,1H3/b10-8+. The Hall–Kier alpha value is -2.92. The van der Waals surface area contributed by atoms with Gasteiger partial charge in [0.25, 0.3) is 0 Å². The van der Waals surface area contributed by atoms with Gasteiger partial charge in [-0.05, 0) is 54.3 Å². The highest BCUT2D eigenvalue weighted by Crippen LogP contribution is 2.29. The molecule has 4 nitrogen and oxygen atoms in total. The summed E-state index contributed by atoms with van der Waals surface area (Å²) < 4.78 is 11.1. The lowest BCUT2D eigenvalue weighted by Crippen LogP contribution is -2.11. The van der Waals surface area contributed by atoms with E-state index in [4.69, 9.17) is 9.47 Å². The predicted molar refractivity (Wildman–Crippen MR) is 104 cm³/mol. The lowest BCUT2D eigenvalue weighted by molar-refractivity contribution is -0.133. The van der Waals surface area contributed by atoms with E-state index in [1.807, 2.05) is 66.9 Å². The van der Waals surface area contributed by atoms with E-state index >= 15 is 0 Å². The fraction of sp³-hybridized carbons (Fsp3) is 0.143. The summed E-state index contributed by atoms with van der Waals surface area (Å²) in [5.74, 6) is 0.684. The molecule has 0 unspecified atom stereocenters. The molecule has 0 amide bonds. The molecule has 5 heteroatoms. The van der Waals surface area contributed by atoms with Gasteiger partial charge in [-0.1, -0.05) is 24.3 Å². The molecule has 26 heavy (non-hydrogen) atoms. The molecule has 0 aliphatic rings. The molecule has 0 N–H and O–H groups in total. The van der Waals surface area contributed by atoms with E-state index in [9.17, 15) is 4.79 Å². The zero-order valence-electron chi connectivity index (χ0n) is 14.4. The average Bonchev–Trinajstić information content (AvgIpc) is 3.16. The molecule has 0 bridgehead atoms. The summed E-state index contributed by atoms with van der Waals surface area (Å²) in [5, 5.41) is 1.94. The van der Waals surface area contributed by atoms with Crippen LogP contribution in [0.3, 0.4) is 0 Å². The lowest BCUT2D eigenvalue weighted by atomic mass is 10.1. The third-order valence-corrected chi connectivity index (χ3v) is 4.40. The molecule has 2 aromatic heterocycles. The Morgan fingerprint density at radius 2 is 2.04 bits per heavy atom. The van der Waals surface area contributed by atoms with Gasteiger partial charge in [-0.15, -0.1) is 11.3 Å². The number of ether oxygens (including phenoxy) is 2. The minimum atomic E-state index is -0.301. The molecule has 3 aromatic rings. The molecule has 0 atom stereocenters. The number of thiophene rings is 1. The van der Waals surface area contributed by atoms with Crippen LogP contribution in [0.1, 0.15) is 23.1 Å². The van der Waals surface area contributed by atoms with E-state index in [0.29, 0.717) is 18.1 Å². The maximum Gasteiger partial charge on any atom is 0.316 e. The highest BCUT2D eigenvalue weighted by Gasteiger charge is 2.12. The monoisotopic (exact) mass is 365 g/mol. The summed E-state index contributed by atoms with van der Waals surface area (Å²) in [6.07, 6.45) is 5.88. The maximum absolute atomic E-state index is 12.1. The molecule has 1 aromatic carbocycles.